The molecular weight excluding hydrogens is 464 g/mol. The van der Waals surface area contributed by atoms with Crippen molar-refractivity contribution in [1.29, 1.82) is 5.41 Å². The second kappa shape index (κ2) is 10.9. The third-order valence-electron chi connectivity index (χ3n) is 6.13. The Labute approximate surface area is 212 Å². The number of nitrogens with two attached hydrogens (primary N) is 1. The van der Waals surface area contributed by atoms with E-state index in [9.17, 15) is 0 Å². The Bertz CT molecular complexity index is 1170. The van der Waals surface area contributed by atoms with Gasteiger partial charge in [-0.05, 0) is 35.4 Å². The van der Waals surface area contributed by atoms with Crippen LogP contribution < -0.4 is 5.73 Å². The molecule has 1 aromatic heterocycles. The SMILES string of the molecule is CC(=NOCc1ccc(C(C)(C)C)cc1)c1ccc(-c2noc([C@@H]3CCN(C(=N)N)C3)n2)cc1.Cl. The molecular formula is C26H33ClN6O2. The van der Waals surface area contributed by atoms with Crippen molar-refractivity contribution in [2.75, 3.05) is 13.1 Å². The molecule has 1 atom stereocenters. The summed E-state index contributed by atoms with van der Waals surface area (Å²) in [6.07, 6.45) is 0.844. The predicted octanol–water partition coefficient (Wildman–Crippen LogP) is 5.08. The molecule has 186 valence electrons. The van der Waals surface area contributed by atoms with Crippen molar-refractivity contribution in [1.82, 2.24) is 15.0 Å². The van der Waals surface area contributed by atoms with Crippen LogP contribution >= 0.6 is 12.4 Å². The lowest BCUT2D eigenvalue weighted by molar-refractivity contribution is 0.130. The molecule has 2 heterocycles. The molecule has 0 radical (unpaired) electrons. The van der Waals surface area contributed by atoms with E-state index >= 15 is 0 Å². The number of rotatable bonds is 6. The first-order chi connectivity index (χ1) is 16.2. The van der Waals surface area contributed by atoms with Gasteiger partial charge in [0.05, 0.1) is 11.6 Å². The van der Waals surface area contributed by atoms with Crippen molar-refractivity contribution in [2.24, 2.45) is 10.9 Å². The highest BCUT2D eigenvalue weighted by Gasteiger charge is 2.29. The van der Waals surface area contributed by atoms with E-state index in [4.69, 9.17) is 20.5 Å². The summed E-state index contributed by atoms with van der Waals surface area (Å²) in [4.78, 5) is 12.0. The Morgan fingerprint density at radius 3 is 2.46 bits per heavy atom. The van der Waals surface area contributed by atoms with Crippen LogP contribution in [0.15, 0.2) is 58.2 Å². The van der Waals surface area contributed by atoms with Crippen LogP contribution in [0.3, 0.4) is 0 Å². The number of aromatic nitrogens is 2. The molecule has 8 nitrogen and oxygen atoms in total. The molecule has 0 amide bonds. The van der Waals surface area contributed by atoms with Crippen molar-refractivity contribution in [3.05, 3.63) is 71.1 Å². The van der Waals surface area contributed by atoms with Crippen molar-refractivity contribution < 1.29 is 9.36 Å². The van der Waals surface area contributed by atoms with Gasteiger partial charge in [-0.15, -0.1) is 12.4 Å². The van der Waals surface area contributed by atoms with Crippen molar-refractivity contribution >= 4 is 24.1 Å². The molecule has 0 saturated carbocycles. The molecule has 9 heteroatoms. The molecule has 1 aliphatic heterocycles. The zero-order valence-corrected chi connectivity index (χ0v) is 21.4. The van der Waals surface area contributed by atoms with Crippen LogP contribution in [-0.2, 0) is 16.9 Å². The second-order valence-corrected chi connectivity index (χ2v) is 9.75. The van der Waals surface area contributed by atoms with Gasteiger partial charge in [-0.2, -0.15) is 4.98 Å². The van der Waals surface area contributed by atoms with Crippen LogP contribution in [0.1, 0.15) is 62.6 Å². The molecule has 0 spiro atoms. The van der Waals surface area contributed by atoms with Gasteiger partial charge in [0.25, 0.3) is 0 Å². The summed E-state index contributed by atoms with van der Waals surface area (Å²) in [5.74, 6) is 1.31. The van der Waals surface area contributed by atoms with E-state index < -0.39 is 0 Å². The van der Waals surface area contributed by atoms with Gasteiger partial charge in [0.1, 0.15) is 6.61 Å². The fraction of sp³-hybridized carbons (Fsp3) is 0.385. The van der Waals surface area contributed by atoms with Gasteiger partial charge < -0.3 is 20.0 Å². The predicted molar refractivity (Wildman–Crippen MR) is 140 cm³/mol. The Morgan fingerprint density at radius 1 is 1.17 bits per heavy atom. The van der Waals surface area contributed by atoms with E-state index in [-0.39, 0.29) is 29.7 Å². The van der Waals surface area contributed by atoms with Crippen molar-refractivity contribution in [3.63, 3.8) is 0 Å². The molecule has 3 N–H and O–H groups in total. The Kier molecular flexibility index (Phi) is 8.17. The van der Waals surface area contributed by atoms with Gasteiger partial charge in [-0.25, -0.2) is 0 Å². The Hall–Kier alpha value is -3.39. The van der Waals surface area contributed by atoms with Crippen LogP contribution in [-0.4, -0.2) is 39.8 Å². The summed E-state index contributed by atoms with van der Waals surface area (Å²) in [6, 6.07) is 16.3. The third-order valence-corrected chi connectivity index (χ3v) is 6.13. The lowest BCUT2D eigenvalue weighted by Crippen LogP contribution is -2.34. The van der Waals surface area contributed by atoms with Gasteiger partial charge >= 0.3 is 0 Å². The van der Waals surface area contributed by atoms with E-state index in [2.05, 4.69) is 60.3 Å². The minimum Gasteiger partial charge on any atom is -0.391 e. The molecule has 0 aliphatic carbocycles. The average Bonchev–Trinajstić information content (AvgIpc) is 3.49. The van der Waals surface area contributed by atoms with E-state index in [0.717, 1.165) is 35.4 Å². The van der Waals surface area contributed by atoms with Crippen LogP contribution in [0.4, 0.5) is 0 Å². The maximum absolute atomic E-state index is 7.57. The monoisotopic (exact) mass is 496 g/mol. The number of hydrogen-bond donors (Lipinski definition) is 2. The number of guanidine groups is 1. The third kappa shape index (κ3) is 6.39. The Balaban J connectivity index is 0.00000342. The van der Waals surface area contributed by atoms with Gasteiger partial charge in [-0.3, -0.25) is 5.41 Å². The molecule has 3 aromatic rings. The van der Waals surface area contributed by atoms with E-state index in [1.54, 1.807) is 0 Å². The highest BCUT2D eigenvalue weighted by molar-refractivity contribution is 5.98. The quantitative estimate of drug-likeness (QED) is 0.279. The molecule has 1 fully saturated rings. The number of nitrogens with zero attached hydrogens (tertiary/aromatic N) is 4. The lowest BCUT2D eigenvalue weighted by atomic mass is 9.87. The van der Waals surface area contributed by atoms with E-state index in [1.165, 1.54) is 5.56 Å². The minimum atomic E-state index is 0. The minimum absolute atomic E-state index is 0. The Morgan fingerprint density at radius 2 is 1.86 bits per heavy atom. The molecule has 1 saturated heterocycles. The van der Waals surface area contributed by atoms with Crippen LogP contribution in [0.2, 0.25) is 0 Å². The van der Waals surface area contributed by atoms with E-state index in [0.29, 0.717) is 24.9 Å². The summed E-state index contributed by atoms with van der Waals surface area (Å²) in [6.45, 7) is 10.3. The van der Waals surface area contributed by atoms with Gasteiger partial charge in [0.2, 0.25) is 11.7 Å². The first kappa shape index (κ1) is 26.2. The summed E-state index contributed by atoms with van der Waals surface area (Å²) >= 11 is 0. The zero-order chi connectivity index (χ0) is 24.3. The molecule has 4 rings (SSSR count). The molecule has 0 bridgehead atoms. The maximum atomic E-state index is 7.57. The lowest BCUT2D eigenvalue weighted by Gasteiger charge is -2.19. The van der Waals surface area contributed by atoms with Crippen molar-refractivity contribution in [2.45, 2.75) is 52.1 Å². The molecule has 1 aliphatic rings. The highest BCUT2D eigenvalue weighted by atomic mass is 35.5. The van der Waals surface area contributed by atoms with Gasteiger partial charge in [0.15, 0.2) is 5.96 Å². The van der Waals surface area contributed by atoms with E-state index in [1.807, 2.05) is 36.1 Å². The summed E-state index contributed by atoms with van der Waals surface area (Å²) < 4.78 is 5.49. The second-order valence-electron chi connectivity index (χ2n) is 9.75. The number of oxime groups is 1. The maximum Gasteiger partial charge on any atom is 0.231 e. The first-order valence-corrected chi connectivity index (χ1v) is 11.5. The summed E-state index contributed by atoms with van der Waals surface area (Å²) in [7, 11) is 0. The normalized spacial score (nSPS) is 16.2. The highest BCUT2D eigenvalue weighted by Crippen LogP contribution is 2.27. The number of nitrogens with one attached hydrogen (secondary N) is 1. The molecule has 35 heavy (non-hydrogen) atoms. The van der Waals surface area contributed by atoms with Crippen LogP contribution in [0.25, 0.3) is 11.4 Å². The largest absolute Gasteiger partial charge is 0.391 e. The van der Waals surface area contributed by atoms with Gasteiger partial charge in [-0.1, -0.05) is 79.6 Å². The molecule has 0 unspecified atom stereocenters. The van der Waals surface area contributed by atoms with Gasteiger partial charge in [0, 0.05) is 18.7 Å². The topological polar surface area (TPSA) is 114 Å². The van der Waals surface area contributed by atoms with Crippen LogP contribution in [0, 0.1) is 5.41 Å². The zero-order valence-electron chi connectivity index (χ0n) is 20.6. The summed E-state index contributed by atoms with van der Waals surface area (Å²) in [5.41, 5.74) is 10.7. The standard InChI is InChI=1S/C26H32N6O2.ClH/c1-17(30-33-16-18-5-11-22(12-6-18)26(2,3)4)19-7-9-20(10-8-19)23-29-24(34-31-23)21-13-14-32(15-21)25(27)28;/h5-12,21H,13-16H2,1-4H3,(H3,27,28);1H/t21-;/m1./s1. The van der Waals surface area contributed by atoms with Crippen LogP contribution in [0.5, 0.6) is 0 Å². The summed E-state index contributed by atoms with van der Waals surface area (Å²) in [5, 5.41) is 16.0. The smallest absolute Gasteiger partial charge is 0.231 e. The number of halogens is 1. The number of likely N-dealkylation sites (tertiary alicyclic amines) is 1. The first-order valence-electron chi connectivity index (χ1n) is 11.5. The fourth-order valence-electron chi connectivity index (χ4n) is 3.92. The fourth-order valence-corrected chi connectivity index (χ4v) is 3.92. The van der Waals surface area contributed by atoms with Crippen molar-refractivity contribution in [3.8, 4) is 11.4 Å². The number of hydrogen-bond acceptors (Lipinski definition) is 6. The molecule has 2 aromatic carbocycles. The number of benzene rings is 2. The average molecular weight is 497 g/mol.